The third kappa shape index (κ3) is 7.15. The quantitative estimate of drug-likeness (QED) is 0.611. The van der Waals surface area contributed by atoms with Crippen molar-refractivity contribution in [3.8, 4) is 0 Å². The van der Waals surface area contributed by atoms with Gasteiger partial charge in [0.15, 0.2) is 6.29 Å². The number of hydrogen-bond donors (Lipinski definition) is 3. The highest BCUT2D eigenvalue weighted by Gasteiger charge is 2.17. The van der Waals surface area contributed by atoms with Crippen molar-refractivity contribution in [1.29, 1.82) is 0 Å². The number of nitrogens with one attached hydrogen (secondary N) is 2. The number of aliphatic hydroxyl groups excluding tert-OH is 1. The lowest BCUT2D eigenvalue weighted by Gasteiger charge is -2.18. The van der Waals surface area contributed by atoms with Crippen molar-refractivity contribution in [2.45, 2.75) is 39.3 Å². The van der Waals surface area contributed by atoms with Crippen LogP contribution in [0.2, 0.25) is 0 Å². The summed E-state index contributed by atoms with van der Waals surface area (Å²) in [5.41, 5.74) is 1.11. The second-order valence-corrected chi connectivity index (χ2v) is 7.53. The van der Waals surface area contributed by atoms with E-state index < -0.39 is 0 Å². The van der Waals surface area contributed by atoms with Crippen LogP contribution in [0.25, 0.3) is 0 Å². The summed E-state index contributed by atoms with van der Waals surface area (Å²) in [7, 11) is 0. The van der Waals surface area contributed by atoms with Gasteiger partial charge in [0.2, 0.25) is 0 Å². The molecule has 0 amide bonds. The van der Waals surface area contributed by atoms with Crippen LogP contribution in [0.4, 0.5) is 0 Å². The molecule has 1 aliphatic rings. The lowest BCUT2D eigenvalue weighted by molar-refractivity contribution is -0.133. The molecule has 3 N–H and O–H groups in total. The van der Waals surface area contributed by atoms with Crippen LogP contribution >= 0.6 is 22.7 Å². The van der Waals surface area contributed by atoms with Crippen molar-refractivity contribution in [1.82, 2.24) is 10.6 Å². The molecule has 0 aliphatic carbocycles. The van der Waals surface area contributed by atoms with Crippen LogP contribution in [-0.2, 0) is 22.6 Å². The number of ether oxygens (including phenoxy) is 2. The third-order valence-electron chi connectivity index (χ3n) is 3.66. The largest absolute Gasteiger partial charge is 0.387 e. The first-order chi connectivity index (χ1) is 12.2. The van der Waals surface area contributed by atoms with Gasteiger partial charge in [-0.1, -0.05) is 6.07 Å². The van der Waals surface area contributed by atoms with E-state index >= 15 is 0 Å². The summed E-state index contributed by atoms with van der Waals surface area (Å²) in [4.78, 5) is 2.61. The van der Waals surface area contributed by atoms with E-state index in [1.807, 2.05) is 25.3 Å². The first-order valence-electron chi connectivity index (χ1n) is 8.65. The molecule has 1 unspecified atom stereocenters. The highest BCUT2D eigenvalue weighted by molar-refractivity contribution is 7.10. The van der Waals surface area contributed by atoms with E-state index in [9.17, 15) is 5.11 Å². The van der Waals surface area contributed by atoms with Gasteiger partial charge in [-0.3, -0.25) is 0 Å². The minimum atomic E-state index is -0.282. The highest BCUT2D eigenvalue weighted by atomic mass is 32.1. The molecule has 1 atom stereocenters. The van der Waals surface area contributed by atoms with Gasteiger partial charge in [-0.15, -0.1) is 22.7 Å². The van der Waals surface area contributed by atoms with Crippen LogP contribution in [-0.4, -0.2) is 37.7 Å². The van der Waals surface area contributed by atoms with E-state index in [0.29, 0.717) is 19.8 Å². The molecular weight excluding hydrogens is 356 g/mol. The van der Waals surface area contributed by atoms with Gasteiger partial charge in [-0.2, -0.15) is 0 Å². The zero-order valence-electron chi connectivity index (χ0n) is 14.9. The summed E-state index contributed by atoms with van der Waals surface area (Å²) in [6.45, 7) is 8.56. The topological polar surface area (TPSA) is 62.8 Å². The fraction of sp³-hybridized carbons (Fsp3) is 0.556. The van der Waals surface area contributed by atoms with Crippen LogP contribution in [0.3, 0.4) is 0 Å². The monoisotopic (exact) mass is 384 g/mol. The Kier molecular flexibility index (Phi) is 9.64. The number of aliphatic hydroxyl groups is 1. The normalized spacial score (nSPS) is 16.4. The molecular formula is C18H28N2O3S2. The maximum Gasteiger partial charge on any atom is 0.169 e. The Hall–Kier alpha value is -0.800. The average molecular weight is 385 g/mol. The Morgan fingerprint density at radius 1 is 1.24 bits per heavy atom. The van der Waals surface area contributed by atoms with Gasteiger partial charge >= 0.3 is 0 Å². The van der Waals surface area contributed by atoms with Crippen molar-refractivity contribution in [3.63, 3.8) is 0 Å². The third-order valence-corrected chi connectivity index (χ3v) is 5.47. The fourth-order valence-corrected chi connectivity index (χ4v) is 4.07. The summed E-state index contributed by atoms with van der Waals surface area (Å²) < 4.78 is 10.8. The average Bonchev–Trinajstić information content (AvgIpc) is 3.28. The standard InChI is InChI=1S/C11H19NO2S.C7H9NOS/c1-3-13-11(14-4-2)9-12-8-10-6-5-7-15-10;9-6-3-8-4-7-5(6)1-2-10-7/h5-7,11-12H,3-4,8-9H2,1-2H3;1-2,6,8-9H,3-4H2. The summed E-state index contributed by atoms with van der Waals surface area (Å²) in [5, 5.41) is 20.0. The molecule has 3 heterocycles. The molecule has 1 aliphatic heterocycles. The second kappa shape index (κ2) is 11.7. The molecule has 0 saturated carbocycles. The summed E-state index contributed by atoms with van der Waals surface area (Å²) in [5.74, 6) is 0. The number of rotatable bonds is 8. The number of β-amino-alcohol motifs (C(OH)–C–C–N with tert-alkyl or cyclic N) is 1. The second-order valence-electron chi connectivity index (χ2n) is 5.50. The SMILES string of the molecule is CCOC(CNCc1cccs1)OCC.OC1CNCc2sccc21. The molecule has 0 bridgehead atoms. The van der Waals surface area contributed by atoms with Crippen LogP contribution in [0.1, 0.15) is 35.3 Å². The Bertz CT molecular complexity index is 569. The summed E-state index contributed by atoms with van der Waals surface area (Å²) in [6, 6.07) is 6.18. The van der Waals surface area contributed by atoms with Gasteiger partial charge < -0.3 is 25.2 Å². The summed E-state index contributed by atoms with van der Waals surface area (Å²) >= 11 is 3.46. The fourth-order valence-electron chi connectivity index (χ4n) is 2.49. The predicted molar refractivity (Wildman–Crippen MR) is 104 cm³/mol. The molecule has 0 saturated heterocycles. The molecule has 2 aromatic rings. The van der Waals surface area contributed by atoms with Crippen LogP contribution < -0.4 is 10.6 Å². The maximum absolute atomic E-state index is 9.39. The minimum absolute atomic E-state index is 0.125. The highest BCUT2D eigenvalue weighted by Crippen LogP contribution is 2.25. The molecule has 25 heavy (non-hydrogen) atoms. The van der Waals surface area contributed by atoms with Gasteiger partial charge in [0.25, 0.3) is 0 Å². The van der Waals surface area contributed by atoms with Crippen LogP contribution in [0.15, 0.2) is 29.0 Å². The lowest BCUT2D eigenvalue weighted by Crippen LogP contribution is -2.31. The van der Waals surface area contributed by atoms with E-state index in [1.165, 1.54) is 9.75 Å². The molecule has 0 aromatic carbocycles. The van der Waals surface area contributed by atoms with Gasteiger partial charge in [0.1, 0.15) is 0 Å². The maximum atomic E-state index is 9.39. The molecule has 140 valence electrons. The van der Waals surface area contributed by atoms with Crippen LogP contribution in [0, 0.1) is 0 Å². The Labute approximate surface area is 158 Å². The number of fused-ring (bicyclic) bond motifs is 1. The molecule has 0 radical (unpaired) electrons. The molecule has 3 rings (SSSR count). The van der Waals surface area contributed by atoms with E-state index in [-0.39, 0.29) is 12.4 Å². The zero-order valence-corrected chi connectivity index (χ0v) is 16.5. The number of thiophene rings is 2. The Balaban J connectivity index is 0.000000194. The lowest BCUT2D eigenvalue weighted by atomic mass is 10.1. The minimum Gasteiger partial charge on any atom is -0.387 e. The first kappa shape index (κ1) is 20.5. The number of hydrogen-bond acceptors (Lipinski definition) is 7. The first-order valence-corrected chi connectivity index (χ1v) is 10.4. The van der Waals surface area contributed by atoms with E-state index in [0.717, 1.165) is 25.2 Å². The molecule has 5 nitrogen and oxygen atoms in total. The Morgan fingerprint density at radius 3 is 2.68 bits per heavy atom. The van der Waals surface area contributed by atoms with Crippen LogP contribution in [0.5, 0.6) is 0 Å². The molecule has 0 fully saturated rings. The van der Waals surface area contributed by atoms with Gasteiger partial charge in [-0.25, -0.2) is 0 Å². The van der Waals surface area contributed by atoms with E-state index in [2.05, 4.69) is 28.1 Å². The molecule has 7 heteroatoms. The van der Waals surface area contributed by atoms with Crippen molar-refractivity contribution < 1.29 is 14.6 Å². The van der Waals surface area contributed by atoms with Crippen molar-refractivity contribution in [2.75, 3.05) is 26.3 Å². The Morgan fingerprint density at radius 2 is 2.04 bits per heavy atom. The zero-order chi connectivity index (χ0) is 17.9. The molecule has 2 aromatic heterocycles. The summed E-state index contributed by atoms with van der Waals surface area (Å²) in [6.07, 6.45) is -0.407. The van der Waals surface area contributed by atoms with E-state index in [1.54, 1.807) is 22.7 Å². The smallest absolute Gasteiger partial charge is 0.169 e. The predicted octanol–water partition coefficient (Wildman–Crippen LogP) is 3.12. The van der Waals surface area contributed by atoms with Gasteiger partial charge in [0, 0.05) is 49.1 Å². The van der Waals surface area contributed by atoms with Crippen molar-refractivity contribution in [3.05, 3.63) is 44.3 Å². The van der Waals surface area contributed by atoms with Crippen molar-refractivity contribution in [2.24, 2.45) is 0 Å². The van der Waals surface area contributed by atoms with Gasteiger partial charge in [0.05, 0.1) is 6.10 Å². The van der Waals surface area contributed by atoms with E-state index in [4.69, 9.17) is 9.47 Å². The van der Waals surface area contributed by atoms with Gasteiger partial charge in [-0.05, 0) is 42.3 Å². The molecule has 0 spiro atoms. The van der Waals surface area contributed by atoms with Crippen molar-refractivity contribution >= 4 is 22.7 Å².